The number of carbonyl (C=O) groups is 2. The first-order valence-corrected chi connectivity index (χ1v) is 12.0. The van der Waals surface area contributed by atoms with Crippen molar-refractivity contribution in [2.24, 2.45) is 5.41 Å². The van der Waals surface area contributed by atoms with Crippen molar-refractivity contribution in [3.63, 3.8) is 0 Å². The Morgan fingerprint density at radius 2 is 1.62 bits per heavy atom. The molecule has 3 saturated heterocycles. The summed E-state index contributed by atoms with van der Waals surface area (Å²) in [4.78, 5) is 32.9. The van der Waals surface area contributed by atoms with Gasteiger partial charge in [0, 0.05) is 32.7 Å². The van der Waals surface area contributed by atoms with Crippen molar-refractivity contribution >= 4 is 11.8 Å². The van der Waals surface area contributed by atoms with Crippen LogP contribution in [0, 0.1) is 5.41 Å². The third kappa shape index (κ3) is 3.79. The molecule has 1 spiro atoms. The molecular formula is C25H35N3O4. The average Bonchev–Trinajstić information content (AvgIpc) is 3.59. The standard InChI is InChI=1S/C25H35N3O4/c1-26-18-24(17-21(26)22(29)27-13-15-32-16-14-27)9-11-28(12-10-24)23(30)25(7-8-25)19-3-5-20(31-2)6-4-19/h3-6,21H,7-18H2,1-2H3. The summed E-state index contributed by atoms with van der Waals surface area (Å²) in [6, 6.07) is 7.96. The van der Waals surface area contributed by atoms with Crippen molar-refractivity contribution in [3.8, 4) is 5.75 Å². The summed E-state index contributed by atoms with van der Waals surface area (Å²) >= 11 is 0. The molecule has 1 saturated carbocycles. The van der Waals surface area contributed by atoms with Gasteiger partial charge in [-0.15, -0.1) is 0 Å². The van der Waals surface area contributed by atoms with Crippen LogP contribution in [0.3, 0.4) is 0 Å². The monoisotopic (exact) mass is 441 g/mol. The van der Waals surface area contributed by atoms with Crippen molar-refractivity contribution in [3.05, 3.63) is 29.8 Å². The SMILES string of the molecule is COc1ccc(C2(C(=O)N3CCC4(CC3)CC(C(=O)N3CCOCC3)N(C)C4)CC2)cc1. The highest BCUT2D eigenvalue weighted by atomic mass is 16.5. The van der Waals surface area contributed by atoms with Crippen LogP contribution in [0.1, 0.15) is 37.7 Å². The zero-order chi connectivity index (χ0) is 22.3. The van der Waals surface area contributed by atoms with Crippen molar-refractivity contribution < 1.29 is 19.1 Å². The third-order valence-electron chi connectivity index (χ3n) is 8.26. The van der Waals surface area contributed by atoms with E-state index in [0.29, 0.717) is 26.3 Å². The van der Waals surface area contributed by atoms with Crippen molar-refractivity contribution in [2.45, 2.75) is 43.6 Å². The minimum atomic E-state index is -0.335. The van der Waals surface area contributed by atoms with Crippen LogP contribution in [0.4, 0.5) is 0 Å². The predicted octanol–water partition coefficient (Wildman–Crippen LogP) is 1.90. The number of likely N-dealkylation sites (tertiary alicyclic amines) is 2. The summed E-state index contributed by atoms with van der Waals surface area (Å²) in [5.41, 5.74) is 0.924. The molecule has 0 radical (unpaired) electrons. The van der Waals surface area contributed by atoms with E-state index < -0.39 is 0 Å². The van der Waals surface area contributed by atoms with Gasteiger partial charge in [-0.3, -0.25) is 14.5 Å². The Balaban J connectivity index is 1.21. The highest BCUT2D eigenvalue weighted by molar-refractivity contribution is 5.91. The molecule has 1 aromatic rings. The number of morpholine rings is 1. The molecule has 0 aromatic heterocycles. The number of piperidine rings is 1. The van der Waals surface area contributed by atoms with E-state index in [2.05, 4.69) is 16.8 Å². The van der Waals surface area contributed by atoms with Gasteiger partial charge in [-0.1, -0.05) is 12.1 Å². The lowest BCUT2D eigenvalue weighted by atomic mass is 9.76. The molecule has 174 valence electrons. The number of hydrogen-bond acceptors (Lipinski definition) is 5. The van der Waals surface area contributed by atoms with E-state index in [0.717, 1.165) is 63.1 Å². The molecule has 1 aromatic carbocycles. The first kappa shape index (κ1) is 21.7. The van der Waals surface area contributed by atoms with Gasteiger partial charge in [0.1, 0.15) is 5.75 Å². The fraction of sp³-hybridized carbons (Fsp3) is 0.680. The topological polar surface area (TPSA) is 62.3 Å². The van der Waals surface area contributed by atoms with E-state index in [4.69, 9.17) is 9.47 Å². The molecule has 2 amide bonds. The molecule has 3 heterocycles. The van der Waals surface area contributed by atoms with Crippen molar-refractivity contribution in [1.82, 2.24) is 14.7 Å². The Kier molecular flexibility index (Phi) is 5.66. The summed E-state index contributed by atoms with van der Waals surface area (Å²) in [6.45, 7) is 5.21. The number of amides is 2. The van der Waals surface area contributed by atoms with Crippen molar-refractivity contribution in [1.29, 1.82) is 0 Å². The number of ether oxygens (including phenoxy) is 2. The zero-order valence-electron chi connectivity index (χ0n) is 19.3. The van der Waals surface area contributed by atoms with E-state index >= 15 is 0 Å². The van der Waals surface area contributed by atoms with Crippen LogP contribution < -0.4 is 4.74 Å². The number of rotatable bonds is 4. The largest absolute Gasteiger partial charge is 0.497 e. The second kappa shape index (κ2) is 8.34. The smallest absolute Gasteiger partial charge is 0.240 e. The van der Waals surface area contributed by atoms with E-state index in [1.165, 1.54) is 0 Å². The Hall–Kier alpha value is -2.12. The number of carbonyl (C=O) groups excluding carboxylic acids is 2. The van der Waals surface area contributed by atoms with E-state index in [9.17, 15) is 9.59 Å². The van der Waals surface area contributed by atoms with Gasteiger partial charge in [0.2, 0.25) is 11.8 Å². The maximum atomic E-state index is 13.5. The van der Waals surface area contributed by atoms with Crippen LogP contribution in [0.25, 0.3) is 0 Å². The molecule has 3 aliphatic heterocycles. The second-order valence-electron chi connectivity index (χ2n) is 10.2. The van der Waals surface area contributed by atoms with Crippen LogP contribution >= 0.6 is 0 Å². The molecule has 4 aliphatic rings. The molecule has 4 fully saturated rings. The zero-order valence-corrected chi connectivity index (χ0v) is 19.3. The minimum Gasteiger partial charge on any atom is -0.497 e. The number of benzene rings is 1. The molecule has 1 unspecified atom stereocenters. The Morgan fingerprint density at radius 1 is 0.969 bits per heavy atom. The average molecular weight is 442 g/mol. The van der Waals surface area contributed by atoms with Gasteiger partial charge >= 0.3 is 0 Å². The summed E-state index contributed by atoms with van der Waals surface area (Å²) in [5, 5.41) is 0. The van der Waals surface area contributed by atoms with Crippen molar-refractivity contribution in [2.75, 3.05) is 60.1 Å². The lowest BCUT2D eigenvalue weighted by Crippen LogP contribution is -2.49. The van der Waals surface area contributed by atoms with Crippen LogP contribution in [0.2, 0.25) is 0 Å². The molecule has 7 heteroatoms. The van der Waals surface area contributed by atoms with E-state index in [1.54, 1.807) is 7.11 Å². The molecule has 0 bridgehead atoms. The van der Waals surface area contributed by atoms with Crippen LogP contribution in [0.5, 0.6) is 5.75 Å². The highest BCUT2D eigenvalue weighted by Crippen LogP contribution is 2.51. The molecule has 5 rings (SSSR count). The molecule has 1 atom stereocenters. The lowest BCUT2D eigenvalue weighted by Gasteiger charge is -2.40. The van der Waals surface area contributed by atoms with Gasteiger partial charge in [0.15, 0.2) is 0 Å². The van der Waals surface area contributed by atoms with Crippen LogP contribution in [0.15, 0.2) is 24.3 Å². The molecule has 32 heavy (non-hydrogen) atoms. The van der Waals surface area contributed by atoms with Gasteiger partial charge in [0.05, 0.1) is 31.8 Å². The minimum absolute atomic E-state index is 0.0376. The Labute approximate surface area is 190 Å². The first-order chi connectivity index (χ1) is 15.5. The van der Waals surface area contributed by atoms with Gasteiger partial charge in [-0.25, -0.2) is 0 Å². The number of hydrogen-bond donors (Lipinski definition) is 0. The molecular weight excluding hydrogens is 406 g/mol. The molecule has 1 aliphatic carbocycles. The second-order valence-corrected chi connectivity index (χ2v) is 10.2. The fourth-order valence-corrected chi connectivity index (χ4v) is 6.05. The number of likely N-dealkylation sites (N-methyl/N-ethyl adjacent to an activating group) is 1. The quantitative estimate of drug-likeness (QED) is 0.714. The molecule has 0 N–H and O–H groups in total. The van der Waals surface area contributed by atoms with Crippen LogP contribution in [-0.2, 0) is 19.7 Å². The predicted molar refractivity (Wildman–Crippen MR) is 121 cm³/mol. The maximum Gasteiger partial charge on any atom is 0.240 e. The summed E-state index contributed by atoms with van der Waals surface area (Å²) < 4.78 is 10.7. The van der Waals surface area contributed by atoms with Crippen LogP contribution in [-0.4, -0.2) is 92.7 Å². The normalized spacial score (nSPS) is 26.9. The first-order valence-electron chi connectivity index (χ1n) is 12.0. The highest BCUT2D eigenvalue weighted by Gasteiger charge is 2.55. The van der Waals surface area contributed by atoms with Gasteiger partial charge in [0.25, 0.3) is 0 Å². The fourth-order valence-electron chi connectivity index (χ4n) is 6.05. The summed E-state index contributed by atoms with van der Waals surface area (Å²) in [5.74, 6) is 1.36. The van der Waals surface area contributed by atoms with Gasteiger partial charge < -0.3 is 19.3 Å². The van der Waals surface area contributed by atoms with Gasteiger partial charge in [-0.05, 0) is 62.3 Å². The summed E-state index contributed by atoms with van der Waals surface area (Å²) in [7, 11) is 3.74. The Morgan fingerprint density at radius 3 is 2.22 bits per heavy atom. The Bertz CT molecular complexity index is 852. The van der Waals surface area contributed by atoms with E-state index in [-0.39, 0.29) is 28.7 Å². The van der Waals surface area contributed by atoms with Gasteiger partial charge in [-0.2, -0.15) is 0 Å². The number of methoxy groups -OCH3 is 1. The maximum absolute atomic E-state index is 13.5. The summed E-state index contributed by atoms with van der Waals surface area (Å²) in [6.07, 6.45) is 4.73. The number of nitrogens with zero attached hydrogens (tertiary/aromatic N) is 3. The van der Waals surface area contributed by atoms with E-state index in [1.807, 2.05) is 29.2 Å². The third-order valence-corrected chi connectivity index (χ3v) is 8.26. The lowest BCUT2D eigenvalue weighted by molar-refractivity contribution is -0.140. The molecule has 7 nitrogen and oxygen atoms in total.